The van der Waals surface area contributed by atoms with Crippen LogP contribution < -0.4 is 5.32 Å². The third kappa shape index (κ3) is 2.66. The van der Waals surface area contributed by atoms with Crippen molar-refractivity contribution >= 4 is 23.1 Å². The van der Waals surface area contributed by atoms with Gasteiger partial charge in [-0.05, 0) is 30.4 Å². The number of anilines is 1. The van der Waals surface area contributed by atoms with Gasteiger partial charge in [0.15, 0.2) is 0 Å². The van der Waals surface area contributed by atoms with E-state index in [-0.39, 0.29) is 10.6 Å². The standard InChI is InChI=1S/C11H14N2O2S/c14-13(15)11-4-2-1-3-10(11)12-9-5-7-16-8-6-9/h1-4,9,12H,5-8H2. The van der Waals surface area contributed by atoms with Gasteiger partial charge in [-0.15, -0.1) is 0 Å². The zero-order chi connectivity index (χ0) is 11.4. The molecule has 1 heterocycles. The Balaban J connectivity index is 2.10. The minimum Gasteiger partial charge on any atom is -0.377 e. The van der Waals surface area contributed by atoms with Crippen molar-refractivity contribution in [3.8, 4) is 0 Å². The van der Waals surface area contributed by atoms with E-state index in [1.54, 1.807) is 18.2 Å². The van der Waals surface area contributed by atoms with E-state index < -0.39 is 0 Å². The highest BCUT2D eigenvalue weighted by Crippen LogP contribution is 2.27. The van der Waals surface area contributed by atoms with Crippen LogP contribution in [0.1, 0.15) is 12.8 Å². The summed E-state index contributed by atoms with van der Waals surface area (Å²) in [5, 5.41) is 14.1. The van der Waals surface area contributed by atoms with Crippen molar-refractivity contribution < 1.29 is 4.92 Å². The van der Waals surface area contributed by atoms with Crippen molar-refractivity contribution in [1.82, 2.24) is 0 Å². The van der Waals surface area contributed by atoms with Crippen molar-refractivity contribution in [2.45, 2.75) is 18.9 Å². The maximum atomic E-state index is 10.8. The van der Waals surface area contributed by atoms with Gasteiger partial charge in [-0.3, -0.25) is 10.1 Å². The third-order valence-corrected chi connectivity index (χ3v) is 3.73. The second-order valence-corrected chi connectivity index (χ2v) is 5.03. The predicted octanol–water partition coefficient (Wildman–Crippen LogP) is 2.90. The van der Waals surface area contributed by atoms with E-state index >= 15 is 0 Å². The monoisotopic (exact) mass is 238 g/mol. The molecule has 0 spiro atoms. The van der Waals surface area contributed by atoms with E-state index in [1.165, 1.54) is 0 Å². The van der Waals surface area contributed by atoms with Crippen LogP contribution in [0, 0.1) is 10.1 Å². The number of nitrogens with zero attached hydrogens (tertiary/aromatic N) is 1. The highest BCUT2D eigenvalue weighted by atomic mass is 32.2. The topological polar surface area (TPSA) is 55.2 Å². The highest BCUT2D eigenvalue weighted by Gasteiger charge is 2.18. The molecule has 0 amide bonds. The summed E-state index contributed by atoms with van der Waals surface area (Å²) in [5.74, 6) is 2.27. The van der Waals surface area contributed by atoms with Crippen LogP contribution in [-0.2, 0) is 0 Å². The van der Waals surface area contributed by atoms with Crippen molar-refractivity contribution in [1.29, 1.82) is 0 Å². The fourth-order valence-corrected chi connectivity index (χ4v) is 2.92. The van der Waals surface area contributed by atoms with Crippen molar-refractivity contribution in [3.63, 3.8) is 0 Å². The first kappa shape index (κ1) is 11.3. The van der Waals surface area contributed by atoms with E-state index in [2.05, 4.69) is 5.32 Å². The molecule has 1 aromatic carbocycles. The number of para-hydroxylation sites is 2. The van der Waals surface area contributed by atoms with Crippen LogP contribution in [0.2, 0.25) is 0 Å². The number of hydrogen-bond acceptors (Lipinski definition) is 4. The Labute approximate surface area is 98.6 Å². The van der Waals surface area contributed by atoms with Crippen LogP contribution in [0.3, 0.4) is 0 Å². The number of hydrogen-bond donors (Lipinski definition) is 1. The molecule has 1 aliphatic rings. The second kappa shape index (κ2) is 5.21. The quantitative estimate of drug-likeness (QED) is 0.650. The van der Waals surface area contributed by atoms with Crippen molar-refractivity contribution in [2.75, 3.05) is 16.8 Å². The Morgan fingerprint density at radius 3 is 2.69 bits per heavy atom. The molecule has 0 saturated carbocycles. The Kier molecular flexibility index (Phi) is 3.66. The lowest BCUT2D eigenvalue weighted by Gasteiger charge is -2.23. The van der Waals surface area contributed by atoms with Crippen LogP contribution in [0.15, 0.2) is 24.3 Å². The normalized spacial score (nSPS) is 17.0. The van der Waals surface area contributed by atoms with Gasteiger partial charge in [-0.25, -0.2) is 0 Å². The lowest BCUT2D eigenvalue weighted by Crippen LogP contribution is -2.24. The van der Waals surface area contributed by atoms with Crippen LogP contribution in [-0.4, -0.2) is 22.5 Å². The average Bonchev–Trinajstić information content (AvgIpc) is 2.31. The summed E-state index contributed by atoms with van der Waals surface area (Å²) in [6, 6.07) is 7.22. The molecule has 1 N–H and O–H groups in total. The number of benzene rings is 1. The first-order valence-corrected chi connectivity index (χ1v) is 6.50. The summed E-state index contributed by atoms with van der Waals surface area (Å²) in [7, 11) is 0. The molecule has 5 heteroatoms. The summed E-state index contributed by atoms with van der Waals surface area (Å²) in [5.41, 5.74) is 0.810. The minimum atomic E-state index is -0.333. The fourth-order valence-electron chi connectivity index (χ4n) is 1.82. The molecule has 1 saturated heterocycles. The van der Waals surface area contributed by atoms with Gasteiger partial charge in [0.2, 0.25) is 0 Å². The Morgan fingerprint density at radius 2 is 2.00 bits per heavy atom. The average molecular weight is 238 g/mol. The van der Waals surface area contributed by atoms with Crippen molar-refractivity contribution in [2.24, 2.45) is 0 Å². The van der Waals surface area contributed by atoms with E-state index in [4.69, 9.17) is 0 Å². The minimum absolute atomic E-state index is 0.167. The Morgan fingerprint density at radius 1 is 1.31 bits per heavy atom. The number of nitro benzene ring substituents is 1. The number of nitrogens with one attached hydrogen (secondary N) is 1. The van der Waals surface area contributed by atoms with Gasteiger partial charge < -0.3 is 5.32 Å². The van der Waals surface area contributed by atoms with Gasteiger partial charge in [0.25, 0.3) is 5.69 Å². The molecule has 1 fully saturated rings. The summed E-state index contributed by atoms with van der Waals surface area (Å²) in [6.07, 6.45) is 2.16. The molecule has 4 nitrogen and oxygen atoms in total. The summed E-state index contributed by atoms with van der Waals surface area (Å²) in [6.45, 7) is 0. The van der Waals surface area contributed by atoms with Crippen molar-refractivity contribution in [3.05, 3.63) is 34.4 Å². The van der Waals surface area contributed by atoms with Crippen LogP contribution in [0.4, 0.5) is 11.4 Å². The third-order valence-electron chi connectivity index (χ3n) is 2.68. The zero-order valence-electron chi connectivity index (χ0n) is 8.89. The molecule has 1 aromatic rings. The lowest BCUT2D eigenvalue weighted by molar-refractivity contribution is -0.384. The van der Waals surface area contributed by atoms with Gasteiger partial charge in [-0.1, -0.05) is 12.1 Å². The molecule has 0 aromatic heterocycles. The first-order chi connectivity index (χ1) is 7.77. The second-order valence-electron chi connectivity index (χ2n) is 3.81. The molecule has 2 rings (SSSR count). The molecule has 0 bridgehead atoms. The summed E-state index contributed by atoms with van der Waals surface area (Å²) >= 11 is 1.95. The smallest absolute Gasteiger partial charge is 0.292 e. The molecule has 16 heavy (non-hydrogen) atoms. The van der Waals surface area contributed by atoms with E-state index in [0.717, 1.165) is 24.3 Å². The first-order valence-electron chi connectivity index (χ1n) is 5.35. The molecular weight excluding hydrogens is 224 g/mol. The largest absolute Gasteiger partial charge is 0.377 e. The predicted molar refractivity (Wildman–Crippen MR) is 67.1 cm³/mol. The maximum absolute atomic E-state index is 10.8. The van der Waals surface area contributed by atoms with Gasteiger partial charge in [-0.2, -0.15) is 11.8 Å². The van der Waals surface area contributed by atoms with E-state index in [1.807, 2.05) is 17.8 Å². The van der Waals surface area contributed by atoms with Gasteiger partial charge in [0.05, 0.1) is 4.92 Å². The van der Waals surface area contributed by atoms with Crippen LogP contribution in [0.5, 0.6) is 0 Å². The van der Waals surface area contributed by atoms with E-state index in [0.29, 0.717) is 11.7 Å². The van der Waals surface area contributed by atoms with Gasteiger partial charge >= 0.3 is 0 Å². The van der Waals surface area contributed by atoms with Gasteiger partial charge in [0, 0.05) is 12.1 Å². The Hall–Kier alpha value is -1.23. The number of thioether (sulfide) groups is 1. The molecule has 0 unspecified atom stereocenters. The molecule has 1 aliphatic heterocycles. The molecule has 0 atom stereocenters. The van der Waals surface area contributed by atoms with Gasteiger partial charge in [0.1, 0.15) is 5.69 Å². The van der Waals surface area contributed by atoms with E-state index in [9.17, 15) is 10.1 Å². The molecular formula is C11H14N2O2S. The summed E-state index contributed by atoms with van der Waals surface area (Å²) < 4.78 is 0. The number of nitro groups is 1. The van der Waals surface area contributed by atoms with Crippen LogP contribution in [0.25, 0.3) is 0 Å². The lowest BCUT2D eigenvalue weighted by atomic mass is 10.1. The van der Waals surface area contributed by atoms with Crippen LogP contribution >= 0.6 is 11.8 Å². The zero-order valence-corrected chi connectivity index (χ0v) is 9.70. The molecule has 0 radical (unpaired) electrons. The molecule has 86 valence electrons. The SMILES string of the molecule is O=[N+]([O-])c1ccccc1NC1CCSCC1. The fraction of sp³-hybridized carbons (Fsp3) is 0.455. The Bertz CT molecular complexity index is 378. The molecule has 0 aliphatic carbocycles. The number of rotatable bonds is 3. The maximum Gasteiger partial charge on any atom is 0.292 e. The summed E-state index contributed by atoms with van der Waals surface area (Å²) in [4.78, 5) is 10.5. The highest BCUT2D eigenvalue weighted by molar-refractivity contribution is 7.99.